The van der Waals surface area contributed by atoms with Gasteiger partial charge < -0.3 is 14.8 Å². The van der Waals surface area contributed by atoms with Gasteiger partial charge in [0.25, 0.3) is 5.91 Å². The first-order valence-electron chi connectivity index (χ1n) is 9.65. The zero-order chi connectivity index (χ0) is 23.8. The van der Waals surface area contributed by atoms with Crippen molar-refractivity contribution in [1.29, 1.82) is 0 Å². The minimum absolute atomic E-state index is 0.120. The van der Waals surface area contributed by atoms with E-state index in [4.69, 9.17) is 32.7 Å². The molecule has 3 aromatic carbocycles. The third-order valence-corrected chi connectivity index (χ3v) is 5.75. The quantitative estimate of drug-likeness (QED) is 0.385. The van der Waals surface area contributed by atoms with Crippen LogP contribution in [0.1, 0.15) is 22.3 Å². The number of hydrogen-bond acceptors (Lipinski definition) is 3. The van der Waals surface area contributed by atoms with E-state index in [0.717, 1.165) is 17.7 Å². The maximum atomic E-state index is 13.0. The molecule has 0 spiro atoms. The fourth-order valence-electron chi connectivity index (χ4n) is 3.36. The number of ether oxygens (including phenoxy) is 2. The van der Waals surface area contributed by atoms with Gasteiger partial charge in [0.15, 0.2) is 11.5 Å². The van der Waals surface area contributed by atoms with Crippen LogP contribution in [0.3, 0.4) is 0 Å². The molecular formula is C24H16Cl2F3NO3. The summed E-state index contributed by atoms with van der Waals surface area (Å²) in [5.41, 5.74) is 1.38. The number of anilines is 1. The van der Waals surface area contributed by atoms with Crippen molar-refractivity contribution >= 4 is 46.4 Å². The van der Waals surface area contributed by atoms with E-state index in [-0.39, 0.29) is 17.9 Å². The van der Waals surface area contributed by atoms with Gasteiger partial charge >= 0.3 is 6.18 Å². The minimum Gasteiger partial charge on any atom is -0.493 e. The molecule has 0 unspecified atom stereocenters. The molecule has 0 aromatic heterocycles. The standard InChI is InChI=1S/C24H16Cl2F3NO3/c1-32-22-10-13(3-7-21(22)33-12-14-2-6-18(25)19(26)9-14)8-17-16-5-4-15(24(27,28)29)11-20(16)30-23(17)31/h2-11H,12H2,1H3,(H,30,31)/b17-8-. The lowest BCUT2D eigenvalue weighted by Crippen LogP contribution is -2.06. The number of alkyl halides is 3. The monoisotopic (exact) mass is 493 g/mol. The molecule has 9 heteroatoms. The average molecular weight is 494 g/mol. The molecule has 0 aliphatic carbocycles. The largest absolute Gasteiger partial charge is 0.493 e. The Morgan fingerprint density at radius 3 is 2.45 bits per heavy atom. The molecule has 0 saturated heterocycles. The molecule has 170 valence electrons. The molecule has 0 radical (unpaired) electrons. The van der Waals surface area contributed by atoms with Crippen LogP contribution >= 0.6 is 23.2 Å². The highest BCUT2D eigenvalue weighted by Crippen LogP contribution is 2.39. The van der Waals surface area contributed by atoms with Gasteiger partial charge in [-0.25, -0.2) is 0 Å². The van der Waals surface area contributed by atoms with Gasteiger partial charge in [-0.05, 0) is 53.6 Å². The molecule has 0 saturated carbocycles. The number of fused-ring (bicyclic) bond motifs is 1. The molecule has 4 nitrogen and oxygen atoms in total. The van der Waals surface area contributed by atoms with Gasteiger partial charge in [-0.3, -0.25) is 4.79 Å². The molecule has 1 heterocycles. The van der Waals surface area contributed by atoms with E-state index in [1.54, 1.807) is 42.5 Å². The van der Waals surface area contributed by atoms with Gasteiger partial charge in [0.1, 0.15) is 6.61 Å². The van der Waals surface area contributed by atoms with E-state index in [1.807, 2.05) is 0 Å². The van der Waals surface area contributed by atoms with E-state index in [0.29, 0.717) is 32.7 Å². The number of hydrogen-bond donors (Lipinski definition) is 1. The molecule has 1 aliphatic rings. The Kier molecular flexibility index (Phi) is 6.28. The van der Waals surface area contributed by atoms with Gasteiger partial charge in [0, 0.05) is 16.8 Å². The SMILES string of the molecule is COc1cc(/C=C2\C(=O)Nc3cc(C(F)(F)F)ccc32)ccc1OCc1ccc(Cl)c(Cl)c1. The number of rotatable bonds is 5. The molecule has 0 atom stereocenters. The lowest BCUT2D eigenvalue weighted by atomic mass is 10.0. The molecule has 1 amide bonds. The second kappa shape index (κ2) is 9.00. The lowest BCUT2D eigenvalue weighted by Gasteiger charge is -2.12. The molecule has 1 N–H and O–H groups in total. The maximum Gasteiger partial charge on any atom is 0.416 e. The van der Waals surface area contributed by atoms with Crippen LogP contribution in [0, 0.1) is 0 Å². The summed E-state index contributed by atoms with van der Waals surface area (Å²) >= 11 is 12.0. The highest BCUT2D eigenvalue weighted by molar-refractivity contribution is 6.42. The number of methoxy groups -OCH3 is 1. The number of carbonyl (C=O) groups is 1. The average Bonchev–Trinajstić information content (AvgIpc) is 3.08. The second-order valence-corrected chi connectivity index (χ2v) is 8.03. The van der Waals surface area contributed by atoms with Gasteiger partial charge in [0.05, 0.1) is 22.7 Å². The summed E-state index contributed by atoms with van der Waals surface area (Å²) in [5, 5.41) is 3.35. The van der Waals surface area contributed by atoms with Crippen LogP contribution in [-0.4, -0.2) is 13.0 Å². The summed E-state index contributed by atoms with van der Waals surface area (Å²) < 4.78 is 50.1. The van der Waals surface area contributed by atoms with Crippen LogP contribution in [0.15, 0.2) is 54.6 Å². The summed E-state index contributed by atoms with van der Waals surface area (Å²) in [5.74, 6) is 0.413. The first-order chi connectivity index (χ1) is 15.7. The van der Waals surface area contributed by atoms with Crippen LogP contribution in [-0.2, 0) is 17.6 Å². The van der Waals surface area contributed by atoms with Crippen molar-refractivity contribution < 1.29 is 27.4 Å². The normalized spacial score (nSPS) is 14.2. The van der Waals surface area contributed by atoms with Crippen molar-refractivity contribution in [2.45, 2.75) is 12.8 Å². The van der Waals surface area contributed by atoms with E-state index in [2.05, 4.69) is 5.32 Å². The highest BCUT2D eigenvalue weighted by Gasteiger charge is 2.33. The lowest BCUT2D eigenvalue weighted by molar-refractivity contribution is -0.137. The van der Waals surface area contributed by atoms with E-state index >= 15 is 0 Å². The van der Waals surface area contributed by atoms with Gasteiger partial charge in [-0.15, -0.1) is 0 Å². The predicted molar refractivity (Wildman–Crippen MR) is 122 cm³/mol. The molecular weight excluding hydrogens is 478 g/mol. The van der Waals surface area contributed by atoms with Crippen LogP contribution < -0.4 is 14.8 Å². The third kappa shape index (κ3) is 4.94. The Morgan fingerprint density at radius 2 is 1.76 bits per heavy atom. The summed E-state index contributed by atoms with van der Waals surface area (Å²) in [4.78, 5) is 12.4. The topological polar surface area (TPSA) is 47.6 Å². The Morgan fingerprint density at radius 1 is 0.970 bits per heavy atom. The second-order valence-electron chi connectivity index (χ2n) is 7.22. The van der Waals surface area contributed by atoms with Crippen molar-refractivity contribution in [1.82, 2.24) is 0 Å². The zero-order valence-corrected chi connectivity index (χ0v) is 18.6. The smallest absolute Gasteiger partial charge is 0.416 e. The first-order valence-corrected chi connectivity index (χ1v) is 10.4. The molecule has 1 aliphatic heterocycles. The predicted octanol–water partition coefficient (Wildman–Crippen LogP) is 7.09. The van der Waals surface area contributed by atoms with Crippen molar-refractivity contribution in [3.8, 4) is 11.5 Å². The van der Waals surface area contributed by atoms with E-state index < -0.39 is 17.6 Å². The molecule has 33 heavy (non-hydrogen) atoms. The molecule has 3 aromatic rings. The van der Waals surface area contributed by atoms with Crippen molar-refractivity contribution in [3.05, 3.63) is 86.9 Å². The van der Waals surface area contributed by atoms with Gasteiger partial charge in [0.2, 0.25) is 0 Å². The number of carbonyl (C=O) groups excluding carboxylic acids is 1. The van der Waals surface area contributed by atoms with Crippen molar-refractivity contribution in [2.24, 2.45) is 0 Å². The summed E-state index contributed by atoms with van der Waals surface area (Å²) in [6, 6.07) is 13.4. The first kappa shape index (κ1) is 23.0. The van der Waals surface area contributed by atoms with E-state index in [1.165, 1.54) is 13.2 Å². The van der Waals surface area contributed by atoms with Crippen LogP contribution in [0.2, 0.25) is 10.0 Å². The third-order valence-electron chi connectivity index (χ3n) is 5.01. The number of amides is 1. The fraction of sp³-hybridized carbons (Fsp3) is 0.125. The van der Waals surface area contributed by atoms with Gasteiger partial charge in [-0.2, -0.15) is 13.2 Å². The minimum atomic E-state index is -4.49. The number of nitrogens with one attached hydrogen (secondary N) is 1. The van der Waals surface area contributed by atoms with Gasteiger partial charge in [-0.1, -0.05) is 41.4 Å². The van der Waals surface area contributed by atoms with Crippen molar-refractivity contribution in [2.75, 3.05) is 12.4 Å². The number of halogens is 5. The fourth-order valence-corrected chi connectivity index (χ4v) is 3.69. The van der Waals surface area contributed by atoms with Crippen LogP contribution in [0.5, 0.6) is 11.5 Å². The zero-order valence-electron chi connectivity index (χ0n) is 17.1. The number of benzene rings is 3. The Bertz CT molecular complexity index is 1270. The Hall–Kier alpha value is -3.16. The Balaban J connectivity index is 1.58. The maximum absolute atomic E-state index is 13.0. The van der Waals surface area contributed by atoms with Crippen LogP contribution in [0.4, 0.5) is 18.9 Å². The summed E-state index contributed by atoms with van der Waals surface area (Å²) in [7, 11) is 1.48. The highest BCUT2D eigenvalue weighted by atomic mass is 35.5. The summed E-state index contributed by atoms with van der Waals surface area (Å²) in [6.07, 6.45) is -2.91. The summed E-state index contributed by atoms with van der Waals surface area (Å²) in [6.45, 7) is 0.227. The van der Waals surface area contributed by atoms with Crippen molar-refractivity contribution in [3.63, 3.8) is 0 Å². The van der Waals surface area contributed by atoms with Crippen LogP contribution in [0.25, 0.3) is 11.6 Å². The molecule has 4 rings (SSSR count). The molecule has 0 fully saturated rings. The molecule has 0 bridgehead atoms. The Labute approximate surface area is 197 Å². The van der Waals surface area contributed by atoms with E-state index in [9.17, 15) is 18.0 Å².